The van der Waals surface area contributed by atoms with Crippen LogP contribution in [0.5, 0.6) is 0 Å². The normalized spacial score (nSPS) is 21.1. The first-order valence-electron chi connectivity index (χ1n) is 4.68. The Hall–Kier alpha value is -0.360. The average molecular weight is 306 g/mol. The molecule has 2 N–H and O–H groups in total. The molecule has 1 aliphatic heterocycles. The fraction of sp³-hybridized carbons (Fsp3) is 0.400. The van der Waals surface area contributed by atoms with Gasteiger partial charge in [-0.3, -0.25) is 0 Å². The molecule has 0 radical (unpaired) electrons. The molecule has 1 aromatic rings. The van der Waals surface area contributed by atoms with Crippen LogP contribution in [0.25, 0.3) is 0 Å². The van der Waals surface area contributed by atoms with Crippen LogP contribution in [0.4, 0.5) is 10.1 Å². The summed E-state index contributed by atoms with van der Waals surface area (Å²) < 4.78 is 13.9. The van der Waals surface area contributed by atoms with Crippen molar-refractivity contribution in [2.24, 2.45) is 0 Å². The molecule has 0 amide bonds. The molecule has 0 bridgehead atoms. The number of nitrogens with one attached hydrogen (secondary N) is 2. The number of rotatable bonds is 2. The van der Waals surface area contributed by atoms with Gasteiger partial charge in [0, 0.05) is 12.6 Å². The maximum atomic E-state index is 13.2. The molecule has 1 aliphatic rings. The summed E-state index contributed by atoms with van der Waals surface area (Å²) in [5, 5.41) is 6.61. The van der Waals surface area contributed by atoms with Crippen molar-refractivity contribution in [2.75, 3.05) is 18.4 Å². The Morgan fingerprint density at radius 1 is 1.50 bits per heavy atom. The molecule has 0 spiro atoms. The van der Waals surface area contributed by atoms with Crippen LogP contribution >= 0.6 is 22.6 Å². The van der Waals surface area contributed by atoms with E-state index in [-0.39, 0.29) is 5.82 Å². The van der Waals surface area contributed by atoms with E-state index in [4.69, 9.17) is 0 Å². The lowest BCUT2D eigenvalue weighted by Gasteiger charge is -2.14. The van der Waals surface area contributed by atoms with Crippen LogP contribution in [0.1, 0.15) is 6.42 Å². The zero-order valence-corrected chi connectivity index (χ0v) is 9.84. The van der Waals surface area contributed by atoms with Crippen molar-refractivity contribution in [2.45, 2.75) is 12.5 Å². The highest BCUT2D eigenvalue weighted by Gasteiger charge is 2.15. The lowest BCUT2D eigenvalue weighted by molar-refractivity contribution is 0.620. The second-order valence-electron chi connectivity index (χ2n) is 3.44. The second-order valence-corrected chi connectivity index (χ2v) is 4.51. The summed E-state index contributed by atoms with van der Waals surface area (Å²) in [6.45, 7) is 2.01. The lowest BCUT2D eigenvalue weighted by atomic mass is 10.2. The van der Waals surface area contributed by atoms with Crippen molar-refractivity contribution >= 4 is 28.3 Å². The molecule has 1 fully saturated rings. The topological polar surface area (TPSA) is 24.1 Å². The van der Waals surface area contributed by atoms with Gasteiger partial charge in [0.05, 0.1) is 9.26 Å². The summed E-state index contributed by atoms with van der Waals surface area (Å²) in [4.78, 5) is 0. The molecule has 0 saturated carbocycles. The van der Waals surface area contributed by atoms with Gasteiger partial charge in [-0.2, -0.15) is 0 Å². The Balaban J connectivity index is 2.11. The minimum Gasteiger partial charge on any atom is -0.380 e. The summed E-state index contributed by atoms with van der Waals surface area (Å²) >= 11 is 2.03. The first kappa shape index (κ1) is 10.2. The van der Waals surface area contributed by atoms with Gasteiger partial charge in [-0.05, 0) is 47.7 Å². The number of halogens is 2. The van der Waals surface area contributed by atoms with E-state index < -0.39 is 0 Å². The van der Waals surface area contributed by atoms with Crippen molar-refractivity contribution in [3.05, 3.63) is 27.6 Å². The van der Waals surface area contributed by atoms with Gasteiger partial charge in [-0.25, -0.2) is 4.39 Å². The summed E-state index contributed by atoms with van der Waals surface area (Å²) in [6, 6.07) is 5.58. The third kappa shape index (κ3) is 2.17. The number of hydrogen-bond donors (Lipinski definition) is 2. The number of hydrogen-bond acceptors (Lipinski definition) is 2. The quantitative estimate of drug-likeness (QED) is 0.819. The summed E-state index contributed by atoms with van der Waals surface area (Å²) in [5.74, 6) is -0.151. The summed E-state index contributed by atoms with van der Waals surface area (Å²) in [6.07, 6.45) is 1.10. The third-order valence-electron chi connectivity index (χ3n) is 2.37. The molecule has 1 atom stereocenters. The fourth-order valence-electron chi connectivity index (χ4n) is 1.61. The third-order valence-corrected chi connectivity index (χ3v) is 3.47. The molecule has 1 unspecified atom stereocenters. The van der Waals surface area contributed by atoms with E-state index in [1.807, 2.05) is 28.7 Å². The Labute approximate surface area is 96.4 Å². The molecule has 4 heteroatoms. The van der Waals surface area contributed by atoms with Crippen molar-refractivity contribution in [1.29, 1.82) is 0 Å². The fourth-order valence-corrected chi connectivity index (χ4v) is 2.13. The minimum atomic E-state index is -0.151. The Morgan fingerprint density at radius 3 is 3.07 bits per heavy atom. The van der Waals surface area contributed by atoms with Crippen molar-refractivity contribution in [1.82, 2.24) is 5.32 Å². The molecule has 0 aliphatic carbocycles. The van der Waals surface area contributed by atoms with Crippen LogP contribution in [0.3, 0.4) is 0 Å². The van der Waals surface area contributed by atoms with E-state index >= 15 is 0 Å². The van der Waals surface area contributed by atoms with Crippen LogP contribution in [0, 0.1) is 9.39 Å². The van der Waals surface area contributed by atoms with Crippen LogP contribution in [0.2, 0.25) is 0 Å². The smallest absolute Gasteiger partial charge is 0.138 e. The van der Waals surface area contributed by atoms with Gasteiger partial charge < -0.3 is 10.6 Å². The van der Waals surface area contributed by atoms with Gasteiger partial charge in [0.1, 0.15) is 5.82 Å². The van der Waals surface area contributed by atoms with Crippen LogP contribution in [-0.2, 0) is 0 Å². The first-order valence-corrected chi connectivity index (χ1v) is 5.76. The van der Waals surface area contributed by atoms with Gasteiger partial charge in [0.25, 0.3) is 0 Å². The van der Waals surface area contributed by atoms with E-state index in [1.54, 1.807) is 6.07 Å². The maximum absolute atomic E-state index is 13.2. The largest absolute Gasteiger partial charge is 0.380 e. The van der Waals surface area contributed by atoms with Crippen LogP contribution < -0.4 is 10.6 Å². The van der Waals surface area contributed by atoms with Gasteiger partial charge in [-0.15, -0.1) is 0 Å². The van der Waals surface area contributed by atoms with E-state index in [0.29, 0.717) is 9.61 Å². The van der Waals surface area contributed by atoms with Gasteiger partial charge in [0.2, 0.25) is 0 Å². The summed E-state index contributed by atoms with van der Waals surface area (Å²) in [5.41, 5.74) is 0.902. The minimum absolute atomic E-state index is 0.151. The van der Waals surface area contributed by atoms with Crippen molar-refractivity contribution in [3.8, 4) is 0 Å². The monoisotopic (exact) mass is 306 g/mol. The SMILES string of the molecule is Fc1cccc(NC2CCNC2)c1I. The van der Waals surface area contributed by atoms with Crippen LogP contribution in [0.15, 0.2) is 18.2 Å². The summed E-state index contributed by atoms with van der Waals surface area (Å²) in [7, 11) is 0. The zero-order chi connectivity index (χ0) is 9.97. The molecule has 76 valence electrons. The van der Waals surface area contributed by atoms with E-state index in [2.05, 4.69) is 10.6 Å². The molecule has 1 heterocycles. The van der Waals surface area contributed by atoms with Gasteiger partial charge >= 0.3 is 0 Å². The Kier molecular flexibility index (Phi) is 3.22. The molecule has 0 aromatic heterocycles. The van der Waals surface area contributed by atoms with Gasteiger partial charge in [0.15, 0.2) is 0 Å². The molecular weight excluding hydrogens is 294 g/mol. The van der Waals surface area contributed by atoms with Crippen LogP contribution in [-0.4, -0.2) is 19.1 Å². The standard InChI is InChI=1S/C10H12FIN2/c11-8-2-1-3-9(10(8)12)14-7-4-5-13-6-7/h1-3,7,13-14H,4-6H2. The molecule has 1 aromatic carbocycles. The predicted octanol–water partition coefficient (Wildman–Crippen LogP) is 2.20. The second kappa shape index (κ2) is 4.44. The average Bonchev–Trinajstić information content (AvgIpc) is 2.66. The highest BCUT2D eigenvalue weighted by Crippen LogP contribution is 2.22. The molecule has 2 rings (SSSR count). The first-order chi connectivity index (χ1) is 6.77. The van der Waals surface area contributed by atoms with Gasteiger partial charge in [-0.1, -0.05) is 6.07 Å². The highest BCUT2D eigenvalue weighted by molar-refractivity contribution is 14.1. The number of benzene rings is 1. The molecule has 2 nitrogen and oxygen atoms in total. The lowest BCUT2D eigenvalue weighted by Crippen LogP contribution is -2.22. The molecule has 14 heavy (non-hydrogen) atoms. The van der Waals surface area contributed by atoms with E-state index in [0.717, 1.165) is 25.2 Å². The Morgan fingerprint density at radius 2 is 2.36 bits per heavy atom. The zero-order valence-electron chi connectivity index (χ0n) is 7.69. The molecule has 1 saturated heterocycles. The molecular formula is C10H12FIN2. The van der Waals surface area contributed by atoms with Crippen molar-refractivity contribution < 1.29 is 4.39 Å². The Bertz CT molecular complexity index is 324. The highest BCUT2D eigenvalue weighted by atomic mass is 127. The maximum Gasteiger partial charge on any atom is 0.138 e. The number of anilines is 1. The predicted molar refractivity (Wildman–Crippen MR) is 64.0 cm³/mol. The van der Waals surface area contributed by atoms with Crippen molar-refractivity contribution in [3.63, 3.8) is 0 Å². The van der Waals surface area contributed by atoms with E-state index in [1.165, 1.54) is 6.07 Å². The van der Waals surface area contributed by atoms with E-state index in [9.17, 15) is 4.39 Å².